The molecule has 0 atom stereocenters. The molecule has 2 amide bonds. The number of amides is 2. The van der Waals surface area contributed by atoms with Gasteiger partial charge in [-0.3, -0.25) is 9.59 Å². The van der Waals surface area contributed by atoms with Crippen LogP contribution in [-0.4, -0.2) is 31.1 Å². The summed E-state index contributed by atoms with van der Waals surface area (Å²) >= 11 is 6.20. The summed E-state index contributed by atoms with van der Waals surface area (Å²) in [4.78, 5) is 28.3. The minimum atomic E-state index is -0.555. The molecule has 0 fully saturated rings. The second-order valence-electron chi connectivity index (χ2n) is 9.83. The highest BCUT2D eigenvalue weighted by molar-refractivity contribution is 6.34. The predicted octanol–water partition coefficient (Wildman–Crippen LogP) is 6.40. The molecule has 198 valence electrons. The first-order valence-corrected chi connectivity index (χ1v) is 13.1. The van der Waals surface area contributed by atoms with E-state index < -0.39 is 11.8 Å². The number of benzene rings is 3. The van der Waals surface area contributed by atoms with Gasteiger partial charge in [0.1, 0.15) is 5.70 Å². The van der Waals surface area contributed by atoms with Crippen LogP contribution in [0.5, 0.6) is 0 Å². The van der Waals surface area contributed by atoms with Gasteiger partial charge in [0.15, 0.2) is 0 Å². The number of hydrogen-bond donors (Lipinski definition) is 2. The molecule has 0 saturated carbocycles. The van der Waals surface area contributed by atoms with E-state index in [9.17, 15) is 9.59 Å². The van der Waals surface area contributed by atoms with Crippen LogP contribution < -0.4 is 15.6 Å². The maximum Gasteiger partial charge on any atom is 0.287 e. The van der Waals surface area contributed by atoms with Crippen LogP contribution in [0.4, 0.5) is 5.69 Å². The summed E-state index contributed by atoms with van der Waals surface area (Å²) in [5, 5.41) is 7.10. The smallest absolute Gasteiger partial charge is 0.287 e. The van der Waals surface area contributed by atoms with Crippen molar-refractivity contribution in [1.29, 1.82) is 0 Å². The zero-order valence-electron chi connectivity index (χ0n) is 22.6. The summed E-state index contributed by atoms with van der Waals surface area (Å²) in [6, 6.07) is 22.5. The summed E-state index contributed by atoms with van der Waals surface area (Å²) in [7, 11) is 0. The van der Waals surface area contributed by atoms with Crippen LogP contribution in [0.15, 0.2) is 83.6 Å². The van der Waals surface area contributed by atoms with Gasteiger partial charge in [0.2, 0.25) is 0 Å². The lowest BCUT2D eigenvalue weighted by molar-refractivity contribution is -0.117. The Hall–Kier alpha value is -3.90. The molecule has 0 aliphatic carbocycles. The summed E-state index contributed by atoms with van der Waals surface area (Å²) in [6.45, 7) is 12.4. The summed E-state index contributed by atoms with van der Waals surface area (Å²) in [6.07, 6.45) is 3.18. The SMILES string of the molecule is CCN(CC)c1ccc(/C=C(/NC(=O)c2ccccc2Cl)C(=O)N/N=C/c2ccc(C(C)(C)C)cc2)cc1. The molecule has 0 radical (unpaired) electrons. The third-order valence-electron chi connectivity index (χ3n) is 6.10. The van der Waals surface area contributed by atoms with Gasteiger partial charge >= 0.3 is 0 Å². The van der Waals surface area contributed by atoms with Gasteiger partial charge in [-0.2, -0.15) is 5.10 Å². The number of hydrogen-bond acceptors (Lipinski definition) is 4. The van der Waals surface area contributed by atoms with Crippen molar-refractivity contribution in [3.63, 3.8) is 0 Å². The van der Waals surface area contributed by atoms with Gasteiger partial charge in [-0.1, -0.05) is 80.9 Å². The van der Waals surface area contributed by atoms with Gasteiger partial charge in [-0.05, 0) is 66.3 Å². The standard InChI is InChI=1S/C31H35ClN4O2/c1-6-36(7-2)25-18-14-22(15-19-25)20-28(34-29(37)26-10-8-9-11-27(26)32)30(38)35-33-21-23-12-16-24(17-13-23)31(3,4)5/h8-21H,6-7H2,1-5H3,(H,34,37)(H,35,38)/b28-20+,33-21+. The lowest BCUT2D eigenvalue weighted by Crippen LogP contribution is -2.33. The molecule has 0 bridgehead atoms. The Morgan fingerprint density at radius 3 is 2.08 bits per heavy atom. The van der Waals surface area contributed by atoms with Crippen LogP contribution >= 0.6 is 11.6 Å². The fourth-order valence-electron chi connectivity index (χ4n) is 3.83. The molecule has 2 N–H and O–H groups in total. The highest BCUT2D eigenvalue weighted by atomic mass is 35.5. The van der Waals surface area contributed by atoms with E-state index >= 15 is 0 Å². The molecule has 0 aromatic heterocycles. The van der Waals surface area contributed by atoms with E-state index in [-0.39, 0.29) is 16.7 Å². The zero-order chi connectivity index (χ0) is 27.7. The van der Waals surface area contributed by atoms with Crippen molar-refractivity contribution < 1.29 is 9.59 Å². The van der Waals surface area contributed by atoms with E-state index in [4.69, 9.17) is 11.6 Å². The van der Waals surface area contributed by atoms with E-state index in [0.29, 0.717) is 5.02 Å². The Balaban J connectivity index is 1.82. The van der Waals surface area contributed by atoms with Crippen molar-refractivity contribution >= 4 is 41.4 Å². The third kappa shape index (κ3) is 7.80. The first kappa shape index (κ1) is 28.7. The molecular weight excluding hydrogens is 496 g/mol. The van der Waals surface area contributed by atoms with Crippen LogP contribution in [-0.2, 0) is 10.2 Å². The number of hydrazone groups is 1. The van der Waals surface area contributed by atoms with Gasteiger partial charge in [-0.25, -0.2) is 5.43 Å². The van der Waals surface area contributed by atoms with Gasteiger partial charge in [0, 0.05) is 18.8 Å². The van der Waals surface area contributed by atoms with Gasteiger partial charge < -0.3 is 10.2 Å². The lowest BCUT2D eigenvalue weighted by atomic mass is 9.87. The highest BCUT2D eigenvalue weighted by Crippen LogP contribution is 2.22. The van der Waals surface area contributed by atoms with Crippen molar-refractivity contribution in [2.75, 3.05) is 18.0 Å². The fraction of sp³-hybridized carbons (Fsp3) is 0.258. The van der Waals surface area contributed by atoms with Gasteiger partial charge in [0.05, 0.1) is 16.8 Å². The summed E-state index contributed by atoms with van der Waals surface area (Å²) in [5.74, 6) is -1.04. The Morgan fingerprint density at radius 2 is 1.50 bits per heavy atom. The maximum absolute atomic E-state index is 13.1. The monoisotopic (exact) mass is 530 g/mol. The van der Waals surface area contributed by atoms with Crippen LogP contribution in [0.3, 0.4) is 0 Å². The van der Waals surface area contributed by atoms with E-state index in [1.54, 1.807) is 36.6 Å². The van der Waals surface area contributed by atoms with Gasteiger partial charge in [0.25, 0.3) is 11.8 Å². The Bertz CT molecular complexity index is 1300. The van der Waals surface area contributed by atoms with Gasteiger partial charge in [-0.15, -0.1) is 0 Å². The normalized spacial score (nSPS) is 11.9. The summed E-state index contributed by atoms with van der Waals surface area (Å²) in [5.41, 5.74) is 6.78. The quantitative estimate of drug-likeness (QED) is 0.191. The van der Waals surface area contributed by atoms with Crippen LogP contribution in [0.2, 0.25) is 5.02 Å². The molecule has 6 nitrogen and oxygen atoms in total. The van der Waals surface area contributed by atoms with Crippen LogP contribution in [0.25, 0.3) is 6.08 Å². The molecule has 0 saturated heterocycles. The number of rotatable bonds is 9. The van der Waals surface area contributed by atoms with Crippen molar-refractivity contribution in [3.8, 4) is 0 Å². The molecule has 3 aromatic carbocycles. The molecule has 7 heteroatoms. The van der Waals surface area contributed by atoms with E-state index in [2.05, 4.69) is 55.4 Å². The minimum absolute atomic E-state index is 0.0470. The molecular formula is C31H35ClN4O2. The molecule has 0 aliphatic heterocycles. The largest absolute Gasteiger partial charge is 0.372 e. The second-order valence-corrected chi connectivity index (χ2v) is 10.2. The average Bonchev–Trinajstić information content (AvgIpc) is 2.90. The van der Waals surface area contributed by atoms with Crippen LogP contribution in [0.1, 0.15) is 61.7 Å². The number of nitrogens with zero attached hydrogens (tertiary/aromatic N) is 2. The molecule has 0 aliphatic rings. The molecule has 3 rings (SSSR count). The summed E-state index contributed by atoms with van der Waals surface area (Å²) < 4.78 is 0. The Morgan fingerprint density at radius 1 is 0.895 bits per heavy atom. The third-order valence-corrected chi connectivity index (χ3v) is 6.43. The number of nitrogens with one attached hydrogen (secondary N) is 2. The topological polar surface area (TPSA) is 73.8 Å². The molecule has 0 unspecified atom stereocenters. The highest BCUT2D eigenvalue weighted by Gasteiger charge is 2.17. The number of anilines is 1. The van der Waals surface area contributed by atoms with Crippen molar-refractivity contribution in [2.24, 2.45) is 5.10 Å². The van der Waals surface area contributed by atoms with Crippen molar-refractivity contribution in [3.05, 3.63) is 106 Å². The predicted molar refractivity (Wildman–Crippen MR) is 158 cm³/mol. The van der Waals surface area contributed by atoms with E-state index in [1.165, 1.54) is 5.56 Å². The Kier molecular flexibility index (Phi) is 9.85. The van der Waals surface area contributed by atoms with E-state index in [1.807, 2.05) is 48.5 Å². The average molecular weight is 531 g/mol. The first-order valence-electron chi connectivity index (χ1n) is 12.7. The minimum Gasteiger partial charge on any atom is -0.372 e. The first-order chi connectivity index (χ1) is 18.1. The second kappa shape index (κ2) is 13.1. The number of halogens is 1. The molecule has 0 heterocycles. The van der Waals surface area contributed by atoms with Crippen molar-refractivity contribution in [1.82, 2.24) is 10.7 Å². The fourth-order valence-corrected chi connectivity index (χ4v) is 4.05. The molecule has 38 heavy (non-hydrogen) atoms. The lowest BCUT2D eigenvalue weighted by Gasteiger charge is -2.21. The number of carbonyl (C=O) groups excluding carboxylic acids is 2. The number of carbonyl (C=O) groups is 2. The van der Waals surface area contributed by atoms with Crippen LogP contribution in [0, 0.1) is 0 Å². The zero-order valence-corrected chi connectivity index (χ0v) is 23.3. The maximum atomic E-state index is 13.1. The Labute approximate surface area is 230 Å². The molecule has 3 aromatic rings. The van der Waals surface area contributed by atoms with Crippen molar-refractivity contribution in [2.45, 2.75) is 40.0 Å². The molecule has 0 spiro atoms. The van der Waals surface area contributed by atoms with E-state index in [0.717, 1.165) is 29.9 Å².